The van der Waals surface area contributed by atoms with Gasteiger partial charge in [0.15, 0.2) is 11.4 Å². The van der Waals surface area contributed by atoms with Crippen LogP contribution in [0, 0.1) is 5.82 Å². The topological polar surface area (TPSA) is 73.6 Å². The molecule has 0 radical (unpaired) electrons. The molecule has 0 saturated carbocycles. The number of piperidine rings is 2. The van der Waals surface area contributed by atoms with Crippen molar-refractivity contribution in [2.24, 2.45) is 0 Å². The smallest absolute Gasteiger partial charge is 0.299 e. The fourth-order valence-corrected chi connectivity index (χ4v) is 5.76. The summed E-state index contributed by atoms with van der Waals surface area (Å²) in [6.07, 6.45) is 5.57. The highest BCUT2D eigenvalue weighted by Crippen LogP contribution is 2.33. The van der Waals surface area contributed by atoms with Crippen LogP contribution in [0.15, 0.2) is 16.5 Å². The monoisotopic (exact) mass is 429 g/mol. The Kier molecular flexibility index (Phi) is 5.38. The zero-order chi connectivity index (χ0) is 21.7. The fraction of sp³-hybridized carbons (Fsp3) is 0.652. The van der Waals surface area contributed by atoms with E-state index >= 15 is 0 Å². The summed E-state index contributed by atoms with van der Waals surface area (Å²) in [4.78, 5) is 22.3. The van der Waals surface area contributed by atoms with Gasteiger partial charge in [-0.05, 0) is 58.7 Å². The molecule has 2 bridgehead atoms. The highest BCUT2D eigenvalue weighted by Gasteiger charge is 2.37. The van der Waals surface area contributed by atoms with Gasteiger partial charge in [0.2, 0.25) is 0 Å². The molecule has 168 valence electrons. The van der Waals surface area contributed by atoms with Crippen LogP contribution in [0.4, 0.5) is 10.4 Å². The second-order valence-electron chi connectivity index (χ2n) is 9.58. The Morgan fingerprint density at radius 1 is 1.19 bits per heavy atom. The van der Waals surface area contributed by atoms with E-state index in [2.05, 4.69) is 46.3 Å². The van der Waals surface area contributed by atoms with Crippen LogP contribution < -0.4 is 15.5 Å². The molecule has 3 fully saturated rings. The molecule has 4 atom stereocenters. The van der Waals surface area contributed by atoms with Crippen molar-refractivity contribution in [3.8, 4) is 0 Å². The summed E-state index contributed by atoms with van der Waals surface area (Å²) in [6.45, 7) is 5.77. The Hall–Kier alpha value is -2.19. The Morgan fingerprint density at radius 2 is 1.87 bits per heavy atom. The first-order valence-electron chi connectivity index (χ1n) is 11.5. The van der Waals surface area contributed by atoms with Crippen molar-refractivity contribution in [3.63, 3.8) is 0 Å². The van der Waals surface area contributed by atoms with E-state index in [4.69, 9.17) is 4.42 Å². The van der Waals surface area contributed by atoms with Gasteiger partial charge in [0.1, 0.15) is 5.52 Å². The summed E-state index contributed by atoms with van der Waals surface area (Å²) in [5.41, 5.74) is 0.741. The van der Waals surface area contributed by atoms with E-state index in [0.29, 0.717) is 29.2 Å². The molecule has 0 spiro atoms. The number of carbonyl (C=O) groups excluding carboxylic acids is 1. The van der Waals surface area contributed by atoms with E-state index in [9.17, 15) is 9.18 Å². The van der Waals surface area contributed by atoms with Gasteiger partial charge < -0.3 is 24.9 Å². The van der Waals surface area contributed by atoms with Gasteiger partial charge in [-0.25, -0.2) is 4.39 Å². The molecule has 2 unspecified atom stereocenters. The lowest BCUT2D eigenvalue weighted by Gasteiger charge is -2.47. The number of oxazole rings is 1. The van der Waals surface area contributed by atoms with E-state index in [1.807, 2.05) is 0 Å². The molecular weight excluding hydrogens is 397 g/mol. The van der Waals surface area contributed by atoms with Crippen LogP contribution in [-0.4, -0.2) is 66.1 Å². The fourth-order valence-electron chi connectivity index (χ4n) is 5.76. The molecule has 7 nitrogen and oxygen atoms in total. The zero-order valence-electron chi connectivity index (χ0n) is 18.5. The van der Waals surface area contributed by atoms with Gasteiger partial charge in [0.05, 0.1) is 5.56 Å². The van der Waals surface area contributed by atoms with Gasteiger partial charge >= 0.3 is 0 Å². The van der Waals surface area contributed by atoms with Crippen LogP contribution in [0.25, 0.3) is 11.1 Å². The summed E-state index contributed by atoms with van der Waals surface area (Å²) in [5.74, 6) is -0.687. The van der Waals surface area contributed by atoms with Crippen molar-refractivity contribution in [2.45, 2.75) is 76.2 Å². The van der Waals surface area contributed by atoms with Crippen molar-refractivity contribution in [1.82, 2.24) is 20.5 Å². The van der Waals surface area contributed by atoms with Gasteiger partial charge in [-0.3, -0.25) is 4.79 Å². The summed E-state index contributed by atoms with van der Waals surface area (Å²) < 4.78 is 20.4. The maximum Gasteiger partial charge on any atom is 0.299 e. The van der Waals surface area contributed by atoms with Gasteiger partial charge in [-0.15, -0.1) is 0 Å². The standard InChI is InChI=1S/C23H32FN5O2/c1-13-11-25-12-14(2)29(13)23-27-20-18(7-8-19(24)21(20)31-23)22(30)26-15-9-16-5-4-6-17(10-15)28(16)3/h7-8,13-17,25H,4-6,9-12H2,1-3H3,(H,26,30)/t13-,14-,15?,16?,17?/m0/s1. The first-order chi connectivity index (χ1) is 14.9. The number of anilines is 1. The molecule has 31 heavy (non-hydrogen) atoms. The Morgan fingerprint density at radius 3 is 2.55 bits per heavy atom. The number of benzene rings is 1. The van der Waals surface area contributed by atoms with Crippen LogP contribution in [0.1, 0.15) is 56.3 Å². The number of halogens is 1. The number of amides is 1. The highest BCUT2D eigenvalue weighted by molar-refractivity contribution is 6.05. The minimum Gasteiger partial charge on any atom is -0.420 e. The molecule has 4 heterocycles. The first kappa shape index (κ1) is 20.7. The molecule has 1 aromatic carbocycles. The molecule has 1 amide bonds. The zero-order valence-corrected chi connectivity index (χ0v) is 18.5. The van der Waals surface area contributed by atoms with E-state index < -0.39 is 5.82 Å². The average Bonchev–Trinajstić information content (AvgIpc) is 3.14. The Bertz CT molecular complexity index is 954. The second-order valence-corrected chi connectivity index (χ2v) is 9.58. The highest BCUT2D eigenvalue weighted by atomic mass is 19.1. The summed E-state index contributed by atoms with van der Waals surface area (Å²) >= 11 is 0. The third-order valence-corrected chi connectivity index (χ3v) is 7.45. The number of nitrogens with one attached hydrogen (secondary N) is 2. The lowest BCUT2D eigenvalue weighted by atomic mass is 9.82. The third-order valence-electron chi connectivity index (χ3n) is 7.45. The predicted octanol–water partition coefficient (Wildman–Crippen LogP) is 2.90. The molecular formula is C23H32FN5O2. The number of hydrogen-bond acceptors (Lipinski definition) is 6. The number of piperazine rings is 1. The number of nitrogens with zero attached hydrogens (tertiary/aromatic N) is 3. The van der Waals surface area contributed by atoms with Crippen LogP contribution in [0.5, 0.6) is 0 Å². The Balaban J connectivity index is 1.41. The van der Waals surface area contributed by atoms with Gasteiger partial charge in [-0.2, -0.15) is 4.98 Å². The molecule has 0 aliphatic carbocycles. The quantitative estimate of drug-likeness (QED) is 0.782. The molecule has 3 saturated heterocycles. The van der Waals surface area contributed by atoms with E-state index in [1.165, 1.54) is 31.4 Å². The number of fused-ring (bicyclic) bond motifs is 3. The minimum atomic E-state index is -0.491. The van der Waals surface area contributed by atoms with Crippen LogP contribution in [0.2, 0.25) is 0 Å². The molecule has 3 aliphatic rings. The van der Waals surface area contributed by atoms with E-state index in [1.54, 1.807) is 0 Å². The predicted molar refractivity (Wildman–Crippen MR) is 118 cm³/mol. The number of rotatable bonds is 3. The van der Waals surface area contributed by atoms with Crippen molar-refractivity contribution >= 4 is 23.0 Å². The second kappa shape index (κ2) is 8.06. The average molecular weight is 430 g/mol. The third kappa shape index (κ3) is 3.69. The molecule has 3 aliphatic heterocycles. The number of carbonyl (C=O) groups is 1. The molecule has 2 aromatic rings. The summed E-state index contributed by atoms with van der Waals surface area (Å²) in [7, 11) is 2.20. The lowest BCUT2D eigenvalue weighted by molar-refractivity contribution is 0.0463. The van der Waals surface area contributed by atoms with E-state index in [0.717, 1.165) is 25.9 Å². The Labute approximate surface area is 182 Å². The number of aromatic nitrogens is 1. The largest absolute Gasteiger partial charge is 0.420 e. The lowest BCUT2D eigenvalue weighted by Crippen LogP contribution is -2.55. The minimum absolute atomic E-state index is 0.0563. The SMILES string of the molecule is C[C@H]1CNC[C@H](C)N1c1nc2c(C(=O)NC3CC4CCCC(C3)N4C)ccc(F)c2o1. The van der Waals surface area contributed by atoms with Gasteiger partial charge in [0, 0.05) is 43.3 Å². The number of hydrogen-bond donors (Lipinski definition) is 2. The van der Waals surface area contributed by atoms with Gasteiger partial charge in [-0.1, -0.05) is 6.42 Å². The van der Waals surface area contributed by atoms with Crippen molar-refractivity contribution < 1.29 is 13.6 Å². The van der Waals surface area contributed by atoms with Crippen LogP contribution in [-0.2, 0) is 0 Å². The molecule has 8 heteroatoms. The normalized spacial score (nSPS) is 31.7. The van der Waals surface area contributed by atoms with Crippen LogP contribution in [0.3, 0.4) is 0 Å². The maximum absolute atomic E-state index is 14.6. The van der Waals surface area contributed by atoms with E-state index in [-0.39, 0.29) is 29.6 Å². The first-order valence-corrected chi connectivity index (χ1v) is 11.5. The van der Waals surface area contributed by atoms with Crippen molar-refractivity contribution in [1.29, 1.82) is 0 Å². The van der Waals surface area contributed by atoms with Crippen molar-refractivity contribution in [3.05, 3.63) is 23.5 Å². The molecule has 2 N–H and O–H groups in total. The van der Waals surface area contributed by atoms with Gasteiger partial charge in [0.25, 0.3) is 11.9 Å². The summed E-state index contributed by atoms with van der Waals surface area (Å²) in [5, 5.41) is 6.58. The molecule has 1 aromatic heterocycles. The summed E-state index contributed by atoms with van der Waals surface area (Å²) in [6, 6.07) is 4.73. The maximum atomic E-state index is 14.6. The van der Waals surface area contributed by atoms with Crippen LogP contribution >= 0.6 is 0 Å². The van der Waals surface area contributed by atoms with Crippen molar-refractivity contribution in [2.75, 3.05) is 25.0 Å². The molecule has 5 rings (SSSR count).